The molecule has 0 spiro atoms. The Kier molecular flexibility index (Phi) is 5.66. The van der Waals surface area contributed by atoms with Gasteiger partial charge in [-0.15, -0.1) is 0 Å². The van der Waals surface area contributed by atoms with Crippen molar-refractivity contribution in [3.05, 3.63) is 11.9 Å². The molecule has 0 aromatic carbocycles. The van der Waals surface area contributed by atoms with E-state index in [0.717, 1.165) is 19.3 Å². The zero-order chi connectivity index (χ0) is 17.9. The number of nitrogens with zero attached hydrogens (tertiary/aromatic N) is 2. The zero-order valence-corrected chi connectivity index (χ0v) is 13.9. The molecule has 1 heterocycles. The Labute approximate surface area is 141 Å². The lowest BCUT2D eigenvalue weighted by atomic mass is 10.2. The van der Waals surface area contributed by atoms with E-state index in [-0.39, 0.29) is 18.4 Å². The number of amides is 3. The quantitative estimate of drug-likeness (QED) is 0.323. The Balaban J connectivity index is 1.97. The van der Waals surface area contributed by atoms with E-state index in [0.29, 0.717) is 24.6 Å². The van der Waals surface area contributed by atoms with Crippen molar-refractivity contribution in [2.75, 3.05) is 13.1 Å². The van der Waals surface area contributed by atoms with Gasteiger partial charge in [0.2, 0.25) is 17.7 Å². The molecule has 1 aliphatic carbocycles. The summed E-state index contributed by atoms with van der Waals surface area (Å²) in [7, 11) is 0. The number of allylic oxidation sites excluding steroid dienone is 1. The predicted molar refractivity (Wildman–Crippen MR) is 87.4 cm³/mol. The van der Waals surface area contributed by atoms with Crippen molar-refractivity contribution in [3.8, 4) is 0 Å². The molecule has 2 unspecified atom stereocenters. The lowest BCUT2D eigenvalue weighted by molar-refractivity contribution is -0.141. The maximum absolute atomic E-state index is 12.7. The van der Waals surface area contributed by atoms with Gasteiger partial charge in [-0.25, -0.2) is 5.84 Å². The van der Waals surface area contributed by atoms with Crippen LogP contribution in [0.5, 0.6) is 0 Å². The predicted octanol–water partition coefficient (Wildman–Crippen LogP) is -1.65. The first-order valence-electron chi connectivity index (χ1n) is 8.18. The van der Waals surface area contributed by atoms with E-state index < -0.39 is 18.0 Å². The van der Waals surface area contributed by atoms with Crippen molar-refractivity contribution in [1.82, 2.24) is 15.2 Å². The molecule has 0 aromatic heterocycles. The summed E-state index contributed by atoms with van der Waals surface area (Å²) in [6.45, 7) is 1.92. The maximum atomic E-state index is 12.7. The van der Waals surface area contributed by atoms with Crippen molar-refractivity contribution in [2.24, 2.45) is 23.2 Å². The van der Waals surface area contributed by atoms with Gasteiger partial charge in [0.1, 0.15) is 12.1 Å². The number of primary amides is 1. The van der Waals surface area contributed by atoms with Gasteiger partial charge >= 0.3 is 0 Å². The summed E-state index contributed by atoms with van der Waals surface area (Å²) >= 11 is 0. The van der Waals surface area contributed by atoms with Crippen molar-refractivity contribution in [1.29, 1.82) is 0 Å². The van der Waals surface area contributed by atoms with Gasteiger partial charge < -0.3 is 26.7 Å². The molecule has 2 atom stereocenters. The first-order valence-corrected chi connectivity index (χ1v) is 8.18. The van der Waals surface area contributed by atoms with Crippen LogP contribution in [0.3, 0.4) is 0 Å². The topological polar surface area (TPSA) is 148 Å². The van der Waals surface area contributed by atoms with Gasteiger partial charge in [0.05, 0.1) is 6.54 Å². The van der Waals surface area contributed by atoms with E-state index in [1.54, 1.807) is 13.1 Å². The maximum Gasteiger partial charge on any atom is 0.247 e. The van der Waals surface area contributed by atoms with Gasteiger partial charge in [0.25, 0.3) is 0 Å². The molecule has 2 rings (SSSR count). The fourth-order valence-corrected chi connectivity index (χ4v) is 2.77. The van der Waals surface area contributed by atoms with Gasteiger partial charge in [0.15, 0.2) is 0 Å². The number of carbonyl (C=O) groups is 3. The number of nitrogens with two attached hydrogens (primary N) is 3. The number of carbonyl (C=O) groups excluding carboxylic acids is 3. The lowest BCUT2D eigenvalue weighted by Crippen LogP contribution is -2.53. The molecule has 0 aromatic rings. The zero-order valence-electron chi connectivity index (χ0n) is 13.9. The van der Waals surface area contributed by atoms with Crippen molar-refractivity contribution < 1.29 is 14.4 Å². The van der Waals surface area contributed by atoms with Gasteiger partial charge in [-0.05, 0) is 32.6 Å². The smallest absolute Gasteiger partial charge is 0.247 e. The molecule has 134 valence electrons. The van der Waals surface area contributed by atoms with Crippen LogP contribution in [0.1, 0.15) is 32.6 Å². The number of nitrogens with one attached hydrogen (secondary N) is 1. The second-order valence-electron chi connectivity index (χ2n) is 6.40. The highest BCUT2D eigenvalue weighted by atomic mass is 16.2. The van der Waals surface area contributed by atoms with Gasteiger partial charge in [0, 0.05) is 24.4 Å². The number of likely N-dealkylation sites (tertiary alicyclic amines) is 1. The van der Waals surface area contributed by atoms with Crippen molar-refractivity contribution in [3.63, 3.8) is 0 Å². The van der Waals surface area contributed by atoms with Gasteiger partial charge in [-0.3, -0.25) is 14.4 Å². The Hall–Kier alpha value is -2.29. The van der Waals surface area contributed by atoms with Crippen LogP contribution >= 0.6 is 0 Å². The molecular formula is C15H26N6O3. The normalized spacial score (nSPS) is 22.2. The number of rotatable bonds is 7. The Bertz CT molecular complexity index is 545. The van der Waals surface area contributed by atoms with Gasteiger partial charge in [-0.2, -0.15) is 0 Å². The fourth-order valence-electron chi connectivity index (χ4n) is 2.77. The third-order valence-corrected chi connectivity index (χ3v) is 4.43. The minimum absolute atomic E-state index is 0.239. The average molecular weight is 338 g/mol. The van der Waals surface area contributed by atoms with E-state index >= 15 is 0 Å². The van der Waals surface area contributed by atoms with Crippen LogP contribution in [-0.2, 0) is 14.4 Å². The highest BCUT2D eigenvalue weighted by molar-refractivity contribution is 5.92. The summed E-state index contributed by atoms with van der Waals surface area (Å²) in [4.78, 5) is 37.1. The third-order valence-electron chi connectivity index (χ3n) is 4.43. The summed E-state index contributed by atoms with van der Waals surface area (Å²) in [6, 6.07) is -1.23. The number of hydrogen-bond donors (Lipinski definition) is 4. The van der Waals surface area contributed by atoms with E-state index in [4.69, 9.17) is 17.3 Å². The SMILES string of the molecule is CC(C(=O)N1CCCC1C(=O)NCC(N)=O)N(N)/C=C(\N)C1CC1. The monoisotopic (exact) mass is 338 g/mol. The van der Waals surface area contributed by atoms with E-state index in [9.17, 15) is 14.4 Å². The van der Waals surface area contributed by atoms with Crippen molar-refractivity contribution in [2.45, 2.75) is 44.7 Å². The second-order valence-corrected chi connectivity index (χ2v) is 6.40. The highest BCUT2D eigenvalue weighted by Gasteiger charge is 2.37. The van der Waals surface area contributed by atoms with Crippen LogP contribution < -0.4 is 22.6 Å². The van der Waals surface area contributed by atoms with Crippen LogP contribution in [0.15, 0.2) is 11.9 Å². The molecule has 1 aliphatic heterocycles. The molecule has 1 saturated heterocycles. The molecule has 9 heteroatoms. The molecule has 0 radical (unpaired) electrons. The van der Waals surface area contributed by atoms with Crippen LogP contribution in [0.25, 0.3) is 0 Å². The minimum Gasteiger partial charge on any atom is -0.401 e. The molecule has 24 heavy (non-hydrogen) atoms. The molecule has 2 aliphatic rings. The molecule has 7 N–H and O–H groups in total. The Morgan fingerprint density at radius 1 is 1.29 bits per heavy atom. The van der Waals surface area contributed by atoms with E-state index in [2.05, 4.69) is 5.32 Å². The molecule has 0 bridgehead atoms. The van der Waals surface area contributed by atoms with Gasteiger partial charge in [-0.1, -0.05) is 0 Å². The highest BCUT2D eigenvalue weighted by Crippen LogP contribution is 2.33. The molecule has 2 fully saturated rings. The average Bonchev–Trinajstić information content (AvgIpc) is 3.28. The lowest BCUT2D eigenvalue weighted by Gasteiger charge is -2.30. The summed E-state index contributed by atoms with van der Waals surface area (Å²) < 4.78 is 0. The van der Waals surface area contributed by atoms with E-state index in [1.165, 1.54) is 9.91 Å². The van der Waals surface area contributed by atoms with Crippen LogP contribution in [0.2, 0.25) is 0 Å². The molecule has 1 saturated carbocycles. The van der Waals surface area contributed by atoms with Crippen LogP contribution in [0, 0.1) is 5.92 Å². The fraction of sp³-hybridized carbons (Fsp3) is 0.667. The molecular weight excluding hydrogens is 312 g/mol. The first-order chi connectivity index (χ1) is 11.3. The van der Waals surface area contributed by atoms with Crippen LogP contribution in [-0.4, -0.2) is 52.8 Å². The summed E-state index contributed by atoms with van der Waals surface area (Å²) in [5, 5.41) is 3.75. The van der Waals surface area contributed by atoms with Crippen molar-refractivity contribution >= 4 is 17.7 Å². The largest absolute Gasteiger partial charge is 0.401 e. The first kappa shape index (κ1) is 18.1. The second kappa shape index (κ2) is 7.52. The number of hydrogen-bond acceptors (Lipinski definition) is 6. The standard InChI is InChI=1S/C15H26N6O3/c1-9(21(18)8-11(16)10-4-5-10)15(24)20-6-2-3-12(20)14(23)19-7-13(17)22/h8-10,12H,2-7,16,18H2,1H3,(H2,17,22)(H,19,23)/b11-8-. The Morgan fingerprint density at radius 2 is 1.96 bits per heavy atom. The number of hydrazine groups is 1. The van der Waals surface area contributed by atoms with Crippen LogP contribution in [0.4, 0.5) is 0 Å². The Morgan fingerprint density at radius 3 is 2.54 bits per heavy atom. The third kappa shape index (κ3) is 4.38. The van der Waals surface area contributed by atoms with E-state index in [1.807, 2.05) is 0 Å². The summed E-state index contributed by atoms with van der Waals surface area (Å²) in [5.41, 5.74) is 11.6. The molecule has 9 nitrogen and oxygen atoms in total. The summed E-state index contributed by atoms with van der Waals surface area (Å²) in [6.07, 6.45) is 4.96. The summed E-state index contributed by atoms with van der Waals surface area (Å²) in [5.74, 6) is 5.06. The minimum atomic E-state index is -0.633. The molecule has 3 amide bonds.